The molecule has 4 heteroatoms. The second kappa shape index (κ2) is 4.72. The second-order valence-electron chi connectivity index (χ2n) is 6.61. The van der Waals surface area contributed by atoms with E-state index in [1.165, 1.54) is 0 Å². The molecule has 2 aromatic carbocycles. The van der Waals surface area contributed by atoms with Crippen molar-refractivity contribution < 1.29 is 9.53 Å². The third-order valence-corrected chi connectivity index (χ3v) is 4.92. The van der Waals surface area contributed by atoms with Gasteiger partial charge in [0.25, 0.3) is 0 Å². The number of aromatic nitrogens is 1. The lowest BCUT2D eigenvalue weighted by Crippen LogP contribution is -2.30. The number of nitriles is 1. The van der Waals surface area contributed by atoms with E-state index in [2.05, 4.69) is 24.9 Å². The molecule has 3 aromatic rings. The van der Waals surface area contributed by atoms with Gasteiger partial charge in [0, 0.05) is 27.6 Å². The number of rotatable bonds is 1. The third-order valence-electron chi connectivity index (χ3n) is 4.92. The fraction of sp³-hybridized carbons (Fsp3) is 0.200. The van der Waals surface area contributed by atoms with Crippen molar-refractivity contribution in [3.63, 3.8) is 0 Å². The molecule has 4 rings (SSSR count). The summed E-state index contributed by atoms with van der Waals surface area (Å²) in [5.41, 5.74) is 4.26. The standard InChI is InChI=1S/C20H16N2O2/c1-20(2)15-9-12(24-3)5-6-13(15)18(23)17-14-8-11(10-21)4-7-16(14)22-19(17)20/h4-9,22H,1-3H3. The van der Waals surface area contributed by atoms with Gasteiger partial charge >= 0.3 is 0 Å². The molecule has 1 aromatic heterocycles. The van der Waals surface area contributed by atoms with Crippen molar-refractivity contribution in [2.24, 2.45) is 0 Å². The van der Waals surface area contributed by atoms with E-state index in [1.54, 1.807) is 19.2 Å². The maximum absolute atomic E-state index is 13.1. The molecule has 1 aliphatic carbocycles. The summed E-state index contributed by atoms with van der Waals surface area (Å²) < 4.78 is 5.33. The summed E-state index contributed by atoms with van der Waals surface area (Å²) in [6.45, 7) is 4.19. The van der Waals surface area contributed by atoms with Gasteiger partial charge in [-0.05, 0) is 42.0 Å². The first-order chi connectivity index (χ1) is 11.5. The van der Waals surface area contributed by atoms with Crippen LogP contribution in [0.5, 0.6) is 5.75 Å². The summed E-state index contributed by atoms with van der Waals surface area (Å²) in [6.07, 6.45) is 0. The molecule has 4 nitrogen and oxygen atoms in total. The molecule has 1 heterocycles. The highest BCUT2D eigenvalue weighted by molar-refractivity contribution is 6.20. The van der Waals surface area contributed by atoms with Crippen molar-refractivity contribution in [2.75, 3.05) is 7.11 Å². The molecule has 0 radical (unpaired) electrons. The maximum Gasteiger partial charge on any atom is 0.195 e. The zero-order chi connectivity index (χ0) is 17.1. The van der Waals surface area contributed by atoms with Gasteiger partial charge in [-0.15, -0.1) is 0 Å². The predicted molar refractivity (Wildman–Crippen MR) is 91.6 cm³/mol. The highest BCUT2D eigenvalue weighted by atomic mass is 16.5. The first-order valence-corrected chi connectivity index (χ1v) is 7.77. The number of benzene rings is 2. The number of ketones is 1. The molecule has 0 atom stereocenters. The number of ether oxygens (including phenoxy) is 1. The van der Waals surface area contributed by atoms with Crippen molar-refractivity contribution in [1.29, 1.82) is 5.26 Å². The Labute approximate surface area is 139 Å². The fourth-order valence-corrected chi connectivity index (χ4v) is 3.60. The van der Waals surface area contributed by atoms with Gasteiger partial charge in [0.1, 0.15) is 5.75 Å². The van der Waals surface area contributed by atoms with Crippen LogP contribution in [0, 0.1) is 11.3 Å². The summed E-state index contributed by atoms with van der Waals surface area (Å²) in [4.78, 5) is 16.5. The molecule has 0 spiro atoms. The van der Waals surface area contributed by atoms with Crippen molar-refractivity contribution in [2.45, 2.75) is 19.3 Å². The van der Waals surface area contributed by atoms with Gasteiger partial charge < -0.3 is 9.72 Å². The zero-order valence-electron chi connectivity index (χ0n) is 13.7. The first-order valence-electron chi connectivity index (χ1n) is 7.77. The van der Waals surface area contributed by atoms with Crippen molar-refractivity contribution in [3.8, 4) is 11.8 Å². The number of carbonyl (C=O) groups is 1. The summed E-state index contributed by atoms with van der Waals surface area (Å²) in [7, 11) is 1.62. The molecule has 0 aliphatic heterocycles. The van der Waals surface area contributed by atoms with Crippen LogP contribution < -0.4 is 4.74 Å². The predicted octanol–water partition coefficient (Wildman–Crippen LogP) is 3.92. The smallest absolute Gasteiger partial charge is 0.195 e. The van der Waals surface area contributed by atoms with Gasteiger partial charge in [-0.3, -0.25) is 4.79 Å². The summed E-state index contributed by atoms with van der Waals surface area (Å²) in [5, 5.41) is 9.97. The number of carbonyl (C=O) groups excluding carboxylic acids is 1. The van der Waals surface area contributed by atoms with Crippen LogP contribution in [-0.2, 0) is 5.41 Å². The lowest BCUT2D eigenvalue weighted by Gasteiger charge is -2.32. The Kier molecular flexibility index (Phi) is 2.86. The van der Waals surface area contributed by atoms with Crippen molar-refractivity contribution in [1.82, 2.24) is 4.98 Å². The van der Waals surface area contributed by atoms with Crippen LogP contribution >= 0.6 is 0 Å². The Morgan fingerprint density at radius 3 is 2.67 bits per heavy atom. The topological polar surface area (TPSA) is 65.9 Å². The quantitative estimate of drug-likeness (QED) is 0.740. The van der Waals surface area contributed by atoms with Gasteiger partial charge in [0.15, 0.2) is 5.78 Å². The summed E-state index contributed by atoms with van der Waals surface area (Å²) in [6, 6.07) is 13.1. The molecule has 0 unspecified atom stereocenters. The monoisotopic (exact) mass is 316 g/mol. The average Bonchev–Trinajstić information content (AvgIpc) is 2.99. The number of methoxy groups -OCH3 is 1. The number of hydrogen-bond acceptors (Lipinski definition) is 3. The normalized spacial score (nSPS) is 14.8. The summed E-state index contributed by atoms with van der Waals surface area (Å²) >= 11 is 0. The molecule has 1 aliphatic rings. The molecule has 0 saturated heterocycles. The van der Waals surface area contributed by atoms with Gasteiger partial charge in [0.2, 0.25) is 0 Å². The number of nitrogens with zero attached hydrogens (tertiary/aromatic N) is 1. The largest absolute Gasteiger partial charge is 0.497 e. The van der Waals surface area contributed by atoms with Gasteiger partial charge in [-0.1, -0.05) is 13.8 Å². The Morgan fingerprint density at radius 2 is 1.96 bits per heavy atom. The number of nitrogens with one attached hydrogen (secondary N) is 1. The van der Waals surface area contributed by atoms with Crippen LogP contribution in [-0.4, -0.2) is 17.9 Å². The third kappa shape index (κ3) is 1.75. The Bertz CT molecular complexity index is 1050. The van der Waals surface area contributed by atoms with Crippen LogP contribution in [0.15, 0.2) is 36.4 Å². The molecule has 1 N–H and O–H groups in total. The van der Waals surface area contributed by atoms with E-state index in [1.807, 2.05) is 24.3 Å². The highest BCUT2D eigenvalue weighted by Gasteiger charge is 2.39. The van der Waals surface area contributed by atoms with E-state index in [0.717, 1.165) is 27.9 Å². The first kappa shape index (κ1) is 14.5. The zero-order valence-corrected chi connectivity index (χ0v) is 13.7. The van der Waals surface area contributed by atoms with E-state index >= 15 is 0 Å². The van der Waals surface area contributed by atoms with Gasteiger partial charge in [-0.25, -0.2) is 0 Å². The van der Waals surface area contributed by atoms with Crippen molar-refractivity contribution >= 4 is 16.7 Å². The molecule has 24 heavy (non-hydrogen) atoms. The second-order valence-corrected chi connectivity index (χ2v) is 6.61. The molecule has 0 fully saturated rings. The number of fused-ring (bicyclic) bond motifs is 4. The van der Waals surface area contributed by atoms with Crippen LogP contribution in [0.2, 0.25) is 0 Å². The Balaban J connectivity index is 2.07. The molecule has 0 saturated carbocycles. The van der Waals surface area contributed by atoms with E-state index in [-0.39, 0.29) is 11.2 Å². The van der Waals surface area contributed by atoms with Crippen LogP contribution in [0.25, 0.3) is 10.9 Å². The Hall–Kier alpha value is -3.06. The van der Waals surface area contributed by atoms with Crippen LogP contribution in [0.1, 0.15) is 46.6 Å². The molecule has 0 bridgehead atoms. The molecule has 118 valence electrons. The van der Waals surface area contributed by atoms with E-state index in [9.17, 15) is 4.79 Å². The highest BCUT2D eigenvalue weighted by Crippen LogP contribution is 2.44. The lowest BCUT2D eigenvalue weighted by molar-refractivity contribution is 0.103. The van der Waals surface area contributed by atoms with Crippen LogP contribution in [0.4, 0.5) is 0 Å². The molecule has 0 amide bonds. The van der Waals surface area contributed by atoms with Gasteiger partial charge in [-0.2, -0.15) is 5.26 Å². The number of hydrogen-bond donors (Lipinski definition) is 1. The lowest BCUT2D eigenvalue weighted by atomic mass is 9.71. The fourth-order valence-electron chi connectivity index (χ4n) is 3.60. The van der Waals surface area contributed by atoms with Gasteiger partial charge in [0.05, 0.1) is 24.3 Å². The van der Waals surface area contributed by atoms with E-state index in [0.29, 0.717) is 16.7 Å². The molecular formula is C20H16N2O2. The number of aromatic amines is 1. The van der Waals surface area contributed by atoms with E-state index < -0.39 is 0 Å². The minimum atomic E-state index is -0.362. The SMILES string of the molecule is COc1ccc2c(c1)C(C)(C)c1[nH]c3ccc(C#N)cc3c1C2=O. The Morgan fingerprint density at radius 1 is 1.17 bits per heavy atom. The number of H-pyrrole nitrogens is 1. The van der Waals surface area contributed by atoms with E-state index in [4.69, 9.17) is 10.00 Å². The molecular weight excluding hydrogens is 300 g/mol. The average molecular weight is 316 g/mol. The minimum absolute atomic E-state index is 0.0108. The maximum atomic E-state index is 13.1. The summed E-state index contributed by atoms with van der Waals surface area (Å²) in [5.74, 6) is 0.726. The minimum Gasteiger partial charge on any atom is -0.497 e. The van der Waals surface area contributed by atoms with Crippen molar-refractivity contribution in [3.05, 3.63) is 64.3 Å². The van der Waals surface area contributed by atoms with Crippen LogP contribution in [0.3, 0.4) is 0 Å².